The van der Waals surface area contributed by atoms with Crippen molar-refractivity contribution in [2.45, 2.75) is 0 Å². The highest BCUT2D eigenvalue weighted by Gasteiger charge is 2.12. The number of hydrogen-bond donors (Lipinski definition) is 1. The molecule has 3 rings (SSSR count). The summed E-state index contributed by atoms with van der Waals surface area (Å²) in [5.41, 5.74) is 2.45. The molecule has 0 aromatic carbocycles. The van der Waals surface area contributed by atoms with E-state index >= 15 is 0 Å². The van der Waals surface area contributed by atoms with E-state index in [-0.39, 0.29) is 5.75 Å². The van der Waals surface area contributed by atoms with Gasteiger partial charge in [0.2, 0.25) is 0 Å². The molecule has 3 aromatic heterocycles. The molecule has 0 atom stereocenters. The number of fused-ring (bicyclic) bond motifs is 1. The summed E-state index contributed by atoms with van der Waals surface area (Å²) in [6.07, 6.45) is 6.47. The molecule has 1 N–H and O–H groups in total. The highest BCUT2D eigenvalue weighted by atomic mass is 16.3. The summed E-state index contributed by atoms with van der Waals surface area (Å²) in [7, 11) is 1.91. The van der Waals surface area contributed by atoms with Crippen LogP contribution in [-0.2, 0) is 7.05 Å². The Bertz CT molecular complexity index is 690. The summed E-state index contributed by atoms with van der Waals surface area (Å²) in [6.45, 7) is 0. The number of imidazole rings is 1. The van der Waals surface area contributed by atoms with Gasteiger partial charge >= 0.3 is 0 Å². The molecule has 0 spiro atoms. The SMILES string of the molecule is Cn1c(-c2ccncc2O)nc2cnccc21. The van der Waals surface area contributed by atoms with E-state index in [9.17, 15) is 5.11 Å². The van der Waals surface area contributed by atoms with Crippen LogP contribution in [-0.4, -0.2) is 24.6 Å². The van der Waals surface area contributed by atoms with Crippen molar-refractivity contribution in [1.82, 2.24) is 19.5 Å². The van der Waals surface area contributed by atoms with Crippen LogP contribution in [0.4, 0.5) is 0 Å². The molecular weight excluding hydrogens is 216 g/mol. The molecule has 0 amide bonds. The van der Waals surface area contributed by atoms with Gasteiger partial charge in [-0.3, -0.25) is 9.97 Å². The second-order valence-corrected chi connectivity index (χ2v) is 3.75. The summed E-state index contributed by atoms with van der Waals surface area (Å²) < 4.78 is 1.92. The van der Waals surface area contributed by atoms with Gasteiger partial charge in [-0.05, 0) is 12.1 Å². The third-order valence-electron chi connectivity index (χ3n) is 2.72. The second-order valence-electron chi connectivity index (χ2n) is 3.75. The van der Waals surface area contributed by atoms with E-state index in [2.05, 4.69) is 15.0 Å². The molecule has 0 saturated carbocycles. The van der Waals surface area contributed by atoms with Gasteiger partial charge < -0.3 is 9.67 Å². The van der Waals surface area contributed by atoms with E-state index in [1.54, 1.807) is 24.7 Å². The Morgan fingerprint density at radius 3 is 2.65 bits per heavy atom. The fraction of sp³-hybridized carbons (Fsp3) is 0.0833. The summed E-state index contributed by atoms with van der Waals surface area (Å²) in [6, 6.07) is 3.63. The van der Waals surface area contributed by atoms with E-state index in [0.29, 0.717) is 11.4 Å². The molecule has 0 saturated heterocycles. The topological polar surface area (TPSA) is 63.8 Å². The normalized spacial score (nSPS) is 10.9. The minimum atomic E-state index is 0.124. The van der Waals surface area contributed by atoms with Crippen LogP contribution in [0.15, 0.2) is 36.9 Å². The minimum Gasteiger partial charge on any atom is -0.506 e. The average molecular weight is 226 g/mol. The van der Waals surface area contributed by atoms with Crippen molar-refractivity contribution >= 4 is 11.0 Å². The summed E-state index contributed by atoms with van der Waals surface area (Å²) in [5, 5.41) is 9.78. The quantitative estimate of drug-likeness (QED) is 0.686. The second kappa shape index (κ2) is 3.55. The molecule has 0 fully saturated rings. The van der Waals surface area contributed by atoms with Gasteiger partial charge in [0, 0.05) is 19.4 Å². The first-order chi connectivity index (χ1) is 8.27. The number of aromatic nitrogens is 4. The highest BCUT2D eigenvalue weighted by molar-refractivity contribution is 5.80. The van der Waals surface area contributed by atoms with E-state index in [4.69, 9.17) is 0 Å². The standard InChI is InChI=1S/C12H10N4O/c1-16-10-3-5-13-6-9(10)15-12(16)8-2-4-14-7-11(8)17/h2-7,17H,1H3. The zero-order valence-corrected chi connectivity index (χ0v) is 9.20. The van der Waals surface area contributed by atoms with Crippen LogP contribution in [0.5, 0.6) is 5.75 Å². The molecule has 0 aliphatic carbocycles. The molecule has 3 aromatic rings. The predicted molar refractivity (Wildman–Crippen MR) is 63.4 cm³/mol. The number of pyridine rings is 2. The Hall–Kier alpha value is -2.43. The fourth-order valence-electron chi connectivity index (χ4n) is 1.87. The van der Waals surface area contributed by atoms with E-state index < -0.39 is 0 Å². The predicted octanol–water partition coefficient (Wildman–Crippen LogP) is 1.74. The monoisotopic (exact) mass is 226 g/mol. The van der Waals surface area contributed by atoms with Crippen LogP contribution < -0.4 is 0 Å². The van der Waals surface area contributed by atoms with Crippen LogP contribution >= 0.6 is 0 Å². The van der Waals surface area contributed by atoms with Crippen molar-refractivity contribution in [3.05, 3.63) is 36.9 Å². The van der Waals surface area contributed by atoms with Gasteiger partial charge in [-0.25, -0.2) is 4.98 Å². The van der Waals surface area contributed by atoms with Crippen molar-refractivity contribution in [3.63, 3.8) is 0 Å². The Kier molecular flexibility index (Phi) is 2.04. The number of rotatable bonds is 1. The molecular formula is C12H10N4O. The van der Waals surface area contributed by atoms with E-state index in [0.717, 1.165) is 11.0 Å². The van der Waals surface area contributed by atoms with Gasteiger partial charge in [-0.2, -0.15) is 0 Å². The minimum absolute atomic E-state index is 0.124. The van der Waals surface area contributed by atoms with Crippen molar-refractivity contribution in [2.24, 2.45) is 7.05 Å². The molecule has 0 aliphatic rings. The lowest BCUT2D eigenvalue weighted by atomic mass is 10.2. The molecule has 0 aliphatic heterocycles. The molecule has 0 unspecified atom stereocenters. The Morgan fingerprint density at radius 1 is 1.12 bits per heavy atom. The van der Waals surface area contributed by atoms with Gasteiger partial charge in [0.15, 0.2) is 0 Å². The van der Waals surface area contributed by atoms with Crippen molar-refractivity contribution < 1.29 is 5.11 Å². The number of hydrogen-bond acceptors (Lipinski definition) is 4. The Labute approximate surface area is 97.4 Å². The van der Waals surface area contributed by atoms with Crippen LogP contribution in [0.2, 0.25) is 0 Å². The van der Waals surface area contributed by atoms with Crippen molar-refractivity contribution in [3.8, 4) is 17.1 Å². The van der Waals surface area contributed by atoms with Crippen LogP contribution in [0, 0.1) is 0 Å². The smallest absolute Gasteiger partial charge is 0.144 e. The number of aromatic hydroxyl groups is 1. The van der Waals surface area contributed by atoms with E-state index in [1.807, 2.05) is 17.7 Å². The molecule has 5 heteroatoms. The third-order valence-corrected chi connectivity index (χ3v) is 2.72. The Morgan fingerprint density at radius 2 is 1.88 bits per heavy atom. The van der Waals surface area contributed by atoms with Crippen molar-refractivity contribution in [1.29, 1.82) is 0 Å². The lowest BCUT2D eigenvalue weighted by Crippen LogP contribution is -1.93. The molecule has 0 bridgehead atoms. The maximum Gasteiger partial charge on any atom is 0.144 e. The Balaban J connectivity index is 2.32. The zero-order chi connectivity index (χ0) is 11.8. The number of aryl methyl sites for hydroxylation is 1. The van der Waals surface area contributed by atoms with E-state index in [1.165, 1.54) is 6.20 Å². The fourth-order valence-corrected chi connectivity index (χ4v) is 1.87. The molecule has 5 nitrogen and oxygen atoms in total. The first-order valence-electron chi connectivity index (χ1n) is 5.17. The zero-order valence-electron chi connectivity index (χ0n) is 9.20. The van der Waals surface area contributed by atoms with Crippen LogP contribution in [0.3, 0.4) is 0 Å². The summed E-state index contributed by atoms with van der Waals surface area (Å²) in [5.74, 6) is 0.826. The van der Waals surface area contributed by atoms with Crippen molar-refractivity contribution in [2.75, 3.05) is 0 Å². The van der Waals surface area contributed by atoms with Crippen LogP contribution in [0.25, 0.3) is 22.4 Å². The molecule has 17 heavy (non-hydrogen) atoms. The maximum atomic E-state index is 9.78. The molecule has 84 valence electrons. The summed E-state index contributed by atoms with van der Waals surface area (Å²) >= 11 is 0. The van der Waals surface area contributed by atoms with Gasteiger partial charge in [-0.1, -0.05) is 0 Å². The van der Waals surface area contributed by atoms with Crippen LogP contribution in [0.1, 0.15) is 0 Å². The highest BCUT2D eigenvalue weighted by Crippen LogP contribution is 2.28. The van der Waals surface area contributed by atoms with Gasteiger partial charge in [-0.15, -0.1) is 0 Å². The summed E-state index contributed by atoms with van der Waals surface area (Å²) in [4.78, 5) is 12.3. The third kappa shape index (κ3) is 1.44. The molecule has 0 radical (unpaired) electrons. The van der Waals surface area contributed by atoms with Gasteiger partial charge in [0.05, 0.1) is 23.5 Å². The maximum absolute atomic E-state index is 9.78. The lowest BCUT2D eigenvalue weighted by Gasteiger charge is -2.03. The molecule has 3 heterocycles. The van der Waals surface area contributed by atoms with Gasteiger partial charge in [0.25, 0.3) is 0 Å². The largest absolute Gasteiger partial charge is 0.506 e. The number of nitrogens with zero attached hydrogens (tertiary/aromatic N) is 4. The first kappa shape index (κ1) is 9.77. The first-order valence-corrected chi connectivity index (χ1v) is 5.17. The lowest BCUT2D eigenvalue weighted by molar-refractivity contribution is 0.474. The average Bonchev–Trinajstić information content (AvgIpc) is 2.68. The van der Waals surface area contributed by atoms with Gasteiger partial charge in [0.1, 0.15) is 17.1 Å².